The van der Waals surface area contributed by atoms with Crippen LogP contribution in [0.15, 0.2) is 11.1 Å². The Kier molecular flexibility index (Phi) is 5.16. The van der Waals surface area contributed by atoms with Crippen LogP contribution in [0.25, 0.3) is 5.32 Å². The summed E-state index contributed by atoms with van der Waals surface area (Å²) in [5.74, 6) is 2.37. The molecule has 0 spiro atoms. The zero-order valence-corrected chi connectivity index (χ0v) is 14.1. The number of piperazine rings is 1. The van der Waals surface area contributed by atoms with E-state index in [1.165, 1.54) is 25.7 Å². The van der Waals surface area contributed by atoms with E-state index >= 15 is 0 Å². The molecule has 0 aliphatic carbocycles. The Labute approximate surface area is 124 Å². The van der Waals surface area contributed by atoms with Gasteiger partial charge >= 0.3 is 124 Å². The van der Waals surface area contributed by atoms with E-state index < -0.39 is 0 Å². The molecule has 0 aromatic carbocycles. The van der Waals surface area contributed by atoms with Gasteiger partial charge in [-0.3, -0.25) is 0 Å². The molecule has 7 heteroatoms. The molecule has 2 rings (SSSR count). The summed E-state index contributed by atoms with van der Waals surface area (Å²) in [6, 6.07) is 1.92. The molecular formula is C12H17N6W-. The number of rotatable bonds is 4. The minimum absolute atomic E-state index is 0.669. The van der Waals surface area contributed by atoms with Crippen LogP contribution in [0.3, 0.4) is 0 Å². The SMILES string of the molecule is Cc1nc([N-]C=N[CH]=[W])cc(N2CCN(C)CC2)n1. The Hall–Kier alpha value is -1.13. The van der Waals surface area contributed by atoms with Gasteiger partial charge in [-0.2, -0.15) is 0 Å². The van der Waals surface area contributed by atoms with Crippen LogP contribution in [0.1, 0.15) is 5.82 Å². The van der Waals surface area contributed by atoms with E-state index in [0.29, 0.717) is 5.82 Å². The number of nitrogens with zero attached hydrogens (tertiary/aromatic N) is 6. The van der Waals surface area contributed by atoms with E-state index in [4.69, 9.17) is 0 Å². The molecule has 0 radical (unpaired) electrons. The van der Waals surface area contributed by atoms with Gasteiger partial charge in [-0.15, -0.1) is 0 Å². The van der Waals surface area contributed by atoms with Crippen molar-refractivity contribution in [3.8, 4) is 0 Å². The number of anilines is 1. The summed E-state index contributed by atoms with van der Waals surface area (Å²) in [7, 11) is 2.14. The fourth-order valence-corrected chi connectivity index (χ4v) is 2.12. The topological polar surface area (TPSA) is 58.7 Å². The number of hydrogen-bond acceptors (Lipinski definition) is 5. The van der Waals surface area contributed by atoms with Gasteiger partial charge in [-0.1, -0.05) is 0 Å². The molecule has 0 unspecified atom stereocenters. The van der Waals surface area contributed by atoms with Crippen molar-refractivity contribution in [2.75, 3.05) is 38.1 Å². The first-order chi connectivity index (χ1) is 9.19. The van der Waals surface area contributed by atoms with Crippen LogP contribution >= 0.6 is 0 Å². The molecule has 0 N–H and O–H groups in total. The molecule has 1 aromatic heterocycles. The fraction of sp³-hybridized carbons (Fsp3) is 0.500. The summed E-state index contributed by atoms with van der Waals surface area (Å²) in [5, 5.41) is 4.23. The summed E-state index contributed by atoms with van der Waals surface area (Å²) in [5.41, 5.74) is 0. The maximum atomic E-state index is 4.50. The summed E-state index contributed by atoms with van der Waals surface area (Å²) >= 11 is 1.30. The van der Waals surface area contributed by atoms with Gasteiger partial charge < -0.3 is 0 Å². The second-order valence-electron chi connectivity index (χ2n) is 4.42. The van der Waals surface area contributed by atoms with Crippen molar-refractivity contribution < 1.29 is 19.4 Å². The van der Waals surface area contributed by atoms with Gasteiger partial charge in [0.05, 0.1) is 0 Å². The molecule has 0 bridgehead atoms. The monoisotopic (exact) mass is 429 g/mol. The molecule has 19 heavy (non-hydrogen) atoms. The minimum atomic E-state index is 0.669. The second-order valence-corrected chi connectivity index (χ2v) is 5.18. The molecule has 102 valence electrons. The van der Waals surface area contributed by atoms with Gasteiger partial charge in [0.2, 0.25) is 0 Å². The van der Waals surface area contributed by atoms with Crippen molar-refractivity contribution in [3.63, 3.8) is 0 Å². The first kappa shape index (κ1) is 14.3. The Morgan fingerprint density at radius 1 is 1.32 bits per heavy atom. The van der Waals surface area contributed by atoms with Crippen LogP contribution in [0.4, 0.5) is 11.6 Å². The van der Waals surface area contributed by atoms with Crippen LogP contribution in [0.2, 0.25) is 0 Å². The zero-order chi connectivity index (χ0) is 13.7. The van der Waals surface area contributed by atoms with Gasteiger partial charge in [0.1, 0.15) is 0 Å². The predicted octanol–water partition coefficient (Wildman–Crippen LogP) is 0.877. The van der Waals surface area contributed by atoms with E-state index in [9.17, 15) is 0 Å². The number of hydrogen-bond donors (Lipinski definition) is 0. The molecular weight excluding hydrogens is 412 g/mol. The van der Waals surface area contributed by atoms with Crippen molar-refractivity contribution in [1.82, 2.24) is 14.9 Å². The van der Waals surface area contributed by atoms with Gasteiger partial charge in [-0.05, 0) is 0 Å². The predicted molar refractivity (Wildman–Crippen MR) is 74.1 cm³/mol. The Bertz CT molecular complexity index is 467. The van der Waals surface area contributed by atoms with Gasteiger partial charge in [-0.25, -0.2) is 0 Å². The molecule has 0 atom stereocenters. The van der Waals surface area contributed by atoms with Crippen molar-refractivity contribution in [2.24, 2.45) is 4.99 Å². The summed E-state index contributed by atoms with van der Waals surface area (Å²) in [4.78, 5) is 17.4. The maximum absolute atomic E-state index is 4.50. The van der Waals surface area contributed by atoms with Crippen molar-refractivity contribution in [3.05, 3.63) is 17.2 Å². The third-order valence-electron chi connectivity index (χ3n) is 2.96. The molecule has 0 saturated carbocycles. The molecule has 2 heterocycles. The van der Waals surface area contributed by atoms with E-state index in [2.05, 4.69) is 37.1 Å². The first-order valence-electron chi connectivity index (χ1n) is 6.14. The normalized spacial score (nSPS) is 16.8. The standard InChI is InChI=1S/C12H17N6.W/c1-10-15-11(14-9-13-2)8-12(16-10)18-6-4-17(3)5-7-18;/h2,8-9H,4-7H2,1,3H3;/q-1;. The number of aliphatic imine (C=N–C) groups is 1. The van der Waals surface area contributed by atoms with E-state index in [1.807, 2.05) is 13.0 Å². The first-order valence-corrected chi connectivity index (χ1v) is 7.84. The van der Waals surface area contributed by atoms with E-state index in [0.717, 1.165) is 37.8 Å². The molecule has 1 aromatic rings. The number of aryl methyl sites for hydroxylation is 1. The van der Waals surface area contributed by atoms with Crippen LogP contribution in [0, 0.1) is 6.92 Å². The van der Waals surface area contributed by atoms with Crippen molar-refractivity contribution in [2.45, 2.75) is 6.92 Å². The van der Waals surface area contributed by atoms with Gasteiger partial charge in [0, 0.05) is 0 Å². The van der Waals surface area contributed by atoms with Crippen molar-refractivity contribution in [1.29, 1.82) is 0 Å². The van der Waals surface area contributed by atoms with Gasteiger partial charge in [0.15, 0.2) is 0 Å². The summed E-state index contributed by atoms with van der Waals surface area (Å²) in [6.07, 6.45) is 1.53. The molecule has 1 aliphatic heterocycles. The quantitative estimate of drug-likeness (QED) is 0.527. The average molecular weight is 429 g/mol. The Morgan fingerprint density at radius 2 is 2.05 bits per heavy atom. The van der Waals surface area contributed by atoms with Crippen molar-refractivity contribution >= 4 is 22.5 Å². The third-order valence-corrected chi connectivity index (χ3v) is 3.39. The van der Waals surface area contributed by atoms with E-state index in [-0.39, 0.29) is 0 Å². The number of likely N-dealkylation sites (N-methyl/N-ethyl adjacent to an activating group) is 1. The van der Waals surface area contributed by atoms with Crippen LogP contribution in [-0.2, 0) is 19.4 Å². The van der Waals surface area contributed by atoms with Crippen LogP contribution in [-0.4, -0.2) is 59.0 Å². The fourth-order valence-electron chi connectivity index (χ4n) is 1.92. The average Bonchev–Trinajstić information content (AvgIpc) is 2.39. The van der Waals surface area contributed by atoms with Crippen LogP contribution in [0.5, 0.6) is 0 Å². The molecule has 6 nitrogen and oxygen atoms in total. The zero-order valence-electron chi connectivity index (χ0n) is 11.2. The Balaban J connectivity index is 2.11. The van der Waals surface area contributed by atoms with Crippen LogP contribution < -0.4 is 4.90 Å². The molecule has 1 aliphatic rings. The number of aromatic nitrogens is 2. The third kappa shape index (κ3) is 4.18. The second kappa shape index (κ2) is 6.87. The van der Waals surface area contributed by atoms with E-state index in [1.54, 1.807) is 4.52 Å². The summed E-state index contributed by atoms with van der Waals surface area (Å²) in [6.45, 7) is 6.00. The van der Waals surface area contributed by atoms with Gasteiger partial charge in [0.25, 0.3) is 0 Å². The molecule has 0 amide bonds. The molecule has 1 fully saturated rings. The molecule has 1 saturated heterocycles. The Morgan fingerprint density at radius 3 is 2.74 bits per heavy atom. The summed E-state index contributed by atoms with van der Waals surface area (Å²) < 4.78 is 1.78.